The van der Waals surface area contributed by atoms with E-state index in [1.165, 1.54) is 6.07 Å². The number of anilines is 1. The van der Waals surface area contributed by atoms with Gasteiger partial charge in [0, 0.05) is 0 Å². The highest BCUT2D eigenvalue weighted by atomic mass is 16.4. The number of nitrogens with zero attached hydrogens (tertiary/aromatic N) is 1. The highest BCUT2D eigenvalue weighted by Crippen LogP contribution is 2.31. The lowest BCUT2D eigenvalue weighted by atomic mass is 9.84. The third-order valence-corrected chi connectivity index (χ3v) is 2.43. The lowest BCUT2D eigenvalue weighted by Crippen LogP contribution is -2.25. The van der Waals surface area contributed by atoms with E-state index in [1.807, 2.05) is 26.8 Å². The molecule has 2 N–H and O–H groups in total. The second-order valence-corrected chi connectivity index (χ2v) is 4.85. The number of aliphatic carboxylic acids is 1. The highest BCUT2D eigenvalue weighted by Gasteiger charge is 2.23. The van der Waals surface area contributed by atoms with Gasteiger partial charge in [0.2, 0.25) is 0 Å². The van der Waals surface area contributed by atoms with Crippen LogP contribution < -0.4 is 5.32 Å². The zero-order chi connectivity index (χ0) is 13.9. The first kappa shape index (κ1) is 13.7. The second kappa shape index (κ2) is 4.88. The fourth-order valence-corrected chi connectivity index (χ4v) is 1.57. The Morgan fingerprint density at radius 2 is 1.94 bits per heavy atom. The number of carboxylic acids is 1. The summed E-state index contributed by atoms with van der Waals surface area (Å²) in [5, 5.41) is 19.9. The fraction of sp³-hybridized carbons (Fsp3) is 0.308. The number of para-hydroxylation sites is 1. The number of rotatable bonds is 1. The number of carbonyl (C=O) groups is 2. The Morgan fingerprint density at radius 1 is 1.33 bits per heavy atom. The molecular formula is C13H14N2O3. The lowest BCUT2D eigenvalue weighted by molar-refractivity contribution is -0.147. The second-order valence-electron chi connectivity index (χ2n) is 4.85. The maximum atomic E-state index is 11.2. The van der Waals surface area contributed by atoms with Crippen LogP contribution in [0.2, 0.25) is 0 Å². The molecule has 0 saturated carbocycles. The van der Waals surface area contributed by atoms with Crippen molar-refractivity contribution < 1.29 is 14.7 Å². The maximum Gasteiger partial charge on any atom is 0.394 e. The summed E-state index contributed by atoms with van der Waals surface area (Å²) in [4.78, 5) is 21.8. The third kappa shape index (κ3) is 2.86. The summed E-state index contributed by atoms with van der Waals surface area (Å²) in [6.07, 6.45) is 0. The van der Waals surface area contributed by atoms with Crippen LogP contribution in [0.5, 0.6) is 0 Å². The molecule has 0 saturated heterocycles. The standard InChI is InChI=1S/C13H14N2O3/c1-13(2,3)9-6-4-5-8(7-14)10(9)15-11(16)12(17)18/h4-6H,1-3H3,(H,15,16)(H,17,18). The van der Waals surface area contributed by atoms with Crippen molar-refractivity contribution in [1.82, 2.24) is 0 Å². The number of nitriles is 1. The molecule has 5 nitrogen and oxygen atoms in total. The Labute approximate surface area is 105 Å². The number of hydrogen-bond donors (Lipinski definition) is 2. The van der Waals surface area contributed by atoms with Gasteiger partial charge in [0.05, 0.1) is 11.3 Å². The minimum absolute atomic E-state index is 0.247. The van der Waals surface area contributed by atoms with E-state index in [0.29, 0.717) is 0 Å². The Kier molecular flexibility index (Phi) is 3.72. The predicted octanol–water partition coefficient (Wildman–Crippen LogP) is 1.88. The predicted molar refractivity (Wildman–Crippen MR) is 66.1 cm³/mol. The molecule has 0 bridgehead atoms. The van der Waals surface area contributed by atoms with Crippen LogP contribution in [0.1, 0.15) is 31.9 Å². The van der Waals surface area contributed by atoms with Crippen LogP contribution in [-0.2, 0) is 15.0 Å². The van der Waals surface area contributed by atoms with Gasteiger partial charge in [-0.2, -0.15) is 5.26 Å². The van der Waals surface area contributed by atoms with Gasteiger partial charge in [0.25, 0.3) is 0 Å². The van der Waals surface area contributed by atoms with Gasteiger partial charge >= 0.3 is 11.9 Å². The summed E-state index contributed by atoms with van der Waals surface area (Å²) in [7, 11) is 0. The number of carbonyl (C=O) groups excluding carboxylic acids is 1. The van der Waals surface area contributed by atoms with Gasteiger partial charge < -0.3 is 10.4 Å². The molecule has 0 heterocycles. The number of hydrogen-bond acceptors (Lipinski definition) is 3. The first-order valence-corrected chi connectivity index (χ1v) is 5.35. The quantitative estimate of drug-likeness (QED) is 0.740. The van der Waals surface area contributed by atoms with Crippen molar-refractivity contribution in [3.8, 4) is 6.07 Å². The van der Waals surface area contributed by atoms with E-state index in [2.05, 4.69) is 5.32 Å². The molecular weight excluding hydrogens is 232 g/mol. The van der Waals surface area contributed by atoms with E-state index in [0.717, 1.165) is 5.56 Å². The molecule has 1 rings (SSSR count). The zero-order valence-electron chi connectivity index (χ0n) is 10.4. The third-order valence-electron chi connectivity index (χ3n) is 2.43. The average molecular weight is 246 g/mol. The molecule has 94 valence electrons. The van der Waals surface area contributed by atoms with Crippen LogP contribution in [0, 0.1) is 11.3 Å². The van der Waals surface area contributed by atoms with E-state index in [-0.39, 0.29) is 16.7 Å². The van der Waals surface area contributed by atoms with Gasteiger partial charge in [0.15, 0.2) is 0 Å². The summed E-state index contributed by atoms with van der Waals surface area (Å²) in [5.41, 5.74) is 0.918. The van der Waals surface area contributed by atoms with E-state index in [9.17, 15) is 9.59 Å². The minimum atomic E-state index is -1.58. The minimum Gasteiger partial charge on any atom is -0.474 e. The van der Waals surface area contributed by atoms with E-state index >= 15 is 0 Å². The van der Waals surface area contributed by atoms with Crippen molar-refractivity contribution in [2.24, 2.45) is 0 Å². The molecule has 0 aliphatic heterocycles. The molecule has 0 fully saturated rings. The molecule has 1 aromatic carbocycles. The Balaban J connectivity index is 3.35. The summed E-state index contributed by atoms with van der Waals surface area (Å²) < 4.78 is 0. The maximum absolute atomic E-state index is 11.2. The van der Waals surface area contributed by atoms with Crippen LogP contribution >= 0.6 is 0 Å². The van der Waals surface area contributed by atoms with Crippen molar-refractivity contribution in [2.45, 2.75) is 26.2 Å². The van der Waals surface area contributed by atoms with Gasteiger partial charge in [-0.15, -0.1) is 0 Å². The summed E-state index contributed by atoms with van der Waals surface area (Å²) in [6.45, 7) is 5.75. The van der Waals surface area contributed by atoms with Crippen LogP contribution in [-0.4, -0.2) is 17.0 Å². The van der Waals surface area contributed by atoms with Crippen molar-refractivity contribution in [2.75, 3.05) is 5.32 Å². The molecule has 0 atom stereocenters. The van der Waals surface area contributed by atoms with E-state index < -0.39 is 11.9 Å². The van der Waals surface area contributed by atoms with Gasteiger partial charge in [-0.25, -0.2) is 4.79 Å². The lowest BCUT2D eigenvalue weighted by Gasteiger charge is -2.23. The molecule has 0 radical (unpaired) electrons. The molecule has 0 aromatic heterocycles. The number of benzene rings is 1. The van der Waals surface area contributed by atoms with Crippen LogP contribution in [0.4, 0.5) is 5.69 Å². The Hall–Kier alpha value is -2.35. The van der Waals surface area contributed by atoms with E-state index in [1.54, 1.807) is 12.1 Å². The largest absolute Gasteiger partial charge is 0.474 e. The normalized spacial score (nSPS) is 10.6. The molecule has 18 heavy (non-hydrogen) atoms. The summed E-state index contributed by atoms with van der Waals surface area (Å²) >= 11 is 0. The van der Waals surface area contributed by atoms with Gasteiger partial charge in [-0.1, -0.05) is 32.9 Å². The topological polar surface area (TPSA) is 90.2 Å². The fourth-order valence-electron chi connectivity index (χ4n) is 1.57. The first-order chi connectivity index (χ1) is 8.27. The van der Waals surface area contributed by atoms with Gasteiger partial charge in [-0.05, 0) is 17.0 Å². The van der Waals surface area contributed by atoms with Crippen molar-refractivity contribution >= 4 is 17.6 Å². The number of amides is 1. The SMILES string of the molecule is CC(C)(C)c1cccc(C#N)c1NC(=O)C(=O)O. The Morgan fingerprint density at radius 3 is 2.39 bits per heavy atom. The molecule has 5 heteroatoms. The highest BCUT2D eigenvalue weighted by molar-refractivity contribution is 6.36. The first-order valence-electron chi connectivity index (χ1n) is 5.35. The van der Waals surface area contributed by atoms with Crippen molar-refractivity contribution in [3.63, 3.8) is 0 Å². The number of carboxylic acid groups (broad SMARTS) is 1. The molecule has 0 aliphatic carbocycles. The molecule has 0 aliphatic rings. The monoisotopic (exact) mass is 246 g/mol. The van der Waals surface area contributed by atoms with Crippen LogP contribution in [0.15, 0.2) is 18.2 Å². The van der Waals surface area contributed by atoms with Gasteiger partial charge in [-0.3, -0.25) is 4.79 Å². The molecule has 0 spiro atoms. The smallest absolute Gasteiger partial charge is 0.394 e. The zero-order valence-corrected chi connectivity index (χ0v) is 10.4. The van der Waals surface area contributed by atoms with Crippen molar-refractivity contribution in [3.05, 3.63) is 29.3 Å². The number of nitrogens with one attached hydrogen (secondary N) is 1. The Bertz CT molecular complexity index is 536. The van der Waals surface area contributed by atoms with Crippen molar-refractivity contribution in [1.29, 1.82) is 5.26 Å². The average Bonchev–Trinajstić information content (AvgIpc) is 2.27. The van der Waals surface area contributed by atoms with E-state index in [4.69, 9.17) is 10.4 Å². The summed E-state index contributed by atoms with van der Waals surface area (Å²) in [5.74, 6) is -2.73. The van der Waals surface area contributed by atoms with Crippen LogP contribution in [0.25, 0.3) is 0 Å². The molecule has 0 unspecified atom stereocenters. The van der Waals surface area contributed by atoms with Crippen LogP contribution in [0.3, 0.4) is 0 Å². The summed E-state index contributed by atoms with van der Waals surface area (Å²) in [6, 6.07) is 6.95. The molecule has 1 amide bonds. The van der Waals surface area contributed by atoms with Gasteiger partial charge in [0.1, 0.15) is 6.07 Å². The molecule has 1 aromatic rings.